The summed E-state index contributed by atoms with van der Waals surface area (Å²) in [5, 5.41) is 4.02. The lowest BCUT2D eigenvalue weighted by Crippen LogP contribution is -2.48. The van der Waals surface area contributed by atoms with Crippen molar-refractivity contribution >= 4 is 19.8 Å². The molecule has 7 heteroatoms. The summed E-state index contributed by atoms with van der Waals surface area (Å²) in [6.45, 7) is 12.6. The van der Waals surface area contributed by atoms with Crippen LogP contribution in [0.25, 0.3) is 11.1 Å². The fourth-order valence-corrected chi connectivity index (χ4v) is 3.81. The zero-order valence-corrected chi connectivity index (χ0v) is 19.1. The SMILES string of the molecule is CON=C1CN(c2ccc(-c3cccc(CO[Si](C)(C)C(C)(C)C)c3F)cn2)C1. The van der Waals surface area contributed by atoms with Gasteiger partial charge in [-0.3, -0.25) is 0 Å². The molecule has 1 saturated heterocycles. The summed E-state index contributed by atoms with van der Waals surface area (Å²) >= 11 is 0. The molecule has 2 heterocycles. The van der Waals surface area contributed by atoms with Crippen LogP contribution in [-0.4, -0.2) is 39.2 Å². The van der Waals surface area contributed by atoms with E-state index in [9.17, 15) is 0 Å². The minimum atomic E-state index is -1.94. The lowest BCUT2D eigenvalue weighted by molar-refractivity contribution is 0.211. The van der Waals surface area contributed by atoms with Gasteiger partial charge in [-0.1, -0.05) is 44.1 Å². The zero-order chi connectivity index (χ0) is 21.2. The van der Waals surface area contributed by atoms with Gasteiger partial charge >= 0.3 is 0 Å². The van der Waals surface area contributed by atoms with Gasteiger partial charge in [0.1, 0.15) is 18.7 Å². The van der Waals surface area contributed by atoms with Gasteiger partial charge in [0.25, 0.3) is 0 Å². The molecule has 0 bridgehead atoms. The summed E-state index contributed by atoms with van der Waals surface area (Å²) in [5.74, 6) is 0.612. The fourth-order valence-electron chi connectivity index (χ4n) is 2.86. The van der Waals surface area contributed by atoms with E-state index in [0.29, 0.717) is 24.2 Å². The Hall–Kier alpha value is -2.25. The largest absolute Gasteiger partial charge is 0.412 e. The summed E-state index contributed by atoms with van der Waals surface area (Å²) in [5.41, 5.74) is 2.87. The first-order valence-electron chi connectivity index (χ1n) is 9.84. The van der Waals surface area contributed by atoms with Crippen LogP contribution in [0, 0.1) is 5.82 Å². The number of benzene rings is 1. The number of hydrogen-bond acceptors (Lipinski definition) is 5. The molecule has 156 valence electrons. The Morgan fingerprint density at radius 2 is 1.90 bits per heavy atom. The number of halogens is 1. The molecule has 0 amide bonds. The van der Waals surface area contributed by atoms with Crippen LogP contribution in [0.2, 0.25) is 18.1 Å². The average molecular weight is 416 g/mol. The topological polar surface area (TPSA) is 47.0 Å². The Morgan fingerprint density at radius 1 is 1.17 bits per heavy atom. The fraction of sp³-hybridized carbons (Fsp3) is 0.455. The highest BCUT2D eigenvalue weighted by Crippen LogP contribution is 2.37. The van der Waals surface area contributed by atoms with E-state index in [1.54, 1.807) is 25.4 Å². The van der Waals surface area contributed by atoms with Gasteiger partial charge in [-0.25, -0.2) is 9.37 Å². The predicted molar refractivity (Wildman–Crippen MR) is 118 cm³/mol. The molecule has 1 aliphatic heterocycles. The third-order valence-corrected chi connectivity index (χ3v) is 10.3. The number of anilines is 1. The van der Waals surface area contributed by atoms with Crippen LogP contribution >= 0.6 is 0 Å². The minimum absolute atomic E-state index is 0.0888. The molecule has 0 N–H and O–H groups in total. The van der Waals surface area contributed by atoms with Gasteiger partial charge in [-0.15, -0.1) is 0 Å². The van der Waals surface area contributed by atoms with Crippen LogP contribution in [0.5, 0.6) is 0 Å². The first-order valence-corrected chi connectivity index (χ1v) is 12.7. The summed E-state index contributed by atoms with van der Waals surface area (Å²) in [6.07, 6.45) is 1.72. The standard InChI is InChI=1S/C22H30FN3O2Si/c1-22(2,3)29(5,6)28-15-17-8-7-9-19(21(17)23)16-10-11-20(24-12-16)26-13-18(14-26)25-27-4/h7-12H,13-15H2,1-6H3. The van der Waals surface area contributed by atoms with E-state index >= 15 is 4.39 Å². The molecule has 5 nitrogen and oxygen atoms in total. The lowest BCUT2D eigenvalue weighted by Gasteiger charge is -2.36. The Balaban J connectivity index is 1.73. The number of oxime groups is 1. The smallest absolute Gasteiger partial charge is 0.192 e. The molecule has 1 fully saturated rings. The second-order valence-electron chi connectivity index (χ2n) is 8.93. The van der Waals surface area contributed by atoms with Gasteiger partial charge in [-0.05, 0) is 30.3 Å². The molecule has 0 unspecified atom stereocenters. The Morgan fingerprint density at radius 3 is 2.48 bits per heavy atom. The highest BCUT2D eigenvalue weighted by Gasteiger charge is 2.37. The Bertz CT molecular complexity index is 884. The maximum absolute atomic E-state index is 15.2. The van der Waals surface area contributed by atoms with Crippen LogP contribution in [0.3, 0.4) is 0 Å². The van der Waals surface area contributed by atoms with Gasteiger partial charge in [0.05, 0.1) is 25.4 Å². The number of hydrogen-bond donors (Lipinski definition) is 0. The number of rotatable bonds is 6. The van der Waals surface area contributed by atoms with Gasteiger partial charge < -0.3 is 14.2 Å². The van der Waals surface area contributed by atoms with Crippen LogP contribution in [0.15, 0.2) is 41.7 Å². The van der Waals surface area contributed by atoms with Crippen LogP contribution in [-0.2, 0) is 15.9 Å². The quantitative estimate of drug-likeness (QED) is 0.479. The maximum Gasteiger partial charge on any atom is 0.192 e. The molecule has 0 aliphatic carbocycles. The van der Waals surface area contributed by atoms with Gasteiger partial charge in [0.2, 0.25) is 0 Å². The third kappa shape index (κ3) is 4.67. The Labute approximate surface area is 173 Å². The van der Waals surface area contributed by atoms with Crippen molar-refractivity contribution in [2.45, 2.75) is 45.5 Å². The van der Waals surface area contributed by atoms with Gasteiger partial charge in [0, 0.05) is 22.9 Å². The van der Waals surface area contributed by atoms with Gasteiger partial charge in [0.15, 0.2) is 8.32 Å². The molecule has 2 aromatic rings. The van der Waals surface area contributed by atoms with Crippen molar-refractivity contribution in [3.8, 4) is 11.1 Å². The normalized spacial score (nSPS) is 14.6. The maximum atomic E-state index is 15.2. The molecule has 0 saturated carbocycles. The predicted octanol–water partition coefficient (Wildman–Crippen LogP) is 5.23. The molecule has 1 aliphatic rings. The van der Waals surface area contributed by atoms with Crippen LogP contribution in [0.1, 0.15) is 26.3 Å². The molecule has 1 aromatic heterocycles. The van der Waals surface area contributed by atoms with Crippen molar-refractivity contribution in [3.05, 3.63) is 47.9 Å². The Kier molecular flexibility index (Phi) is 6.10. The first-order chi connectivity index (χ1) is 13.6. The highest BCUT2D eigenvalue weighted by atomic mass is 28.4. The zero-order valence-electron chi connectivity index (χ0n) is 18.1. The number of nitrogens with zero attached hydrogens (tertiary/aromatic N) is 3. The summed E-state index contributed by atoms with van der Waals surface area (Å²) in [4.78, 5) is 11.4. The highest BCUT2D eigenvalue weighted by molar-refractivity contribution is 6.74. The van der Waals surface area contributed by atoms with Crippen molar-refractivity contribution in [1.29, 1.82) is 0 Å². The molecule has 0 atom stereocenters. The molecule has 29 heavy (non-hydrogen) atoms. The molecule has 0 radical (unpaired) electrons. The summed E-state index contributed by atoms with van der Waals surface area (Å²) < 4.78 is 21.4. The molecular weight excluding hydrogens is 385 g/mol. The molecule has 0 spiro atoms. The molecular formula is C22H30FN3O2Si. The van der Waals surface area contributed by atoms with E-state index in [2.05, 4.69) is 48.9 Å². The van der Waals surface area contributed by atoms with Crippen LogP contribution < -0.4 is 4.90 Å². The van der Waals surface area contributed by atoms with Crippen molar-refractivity contribution < 1.29 is 13.7 Å². The minimum Gasteiger partial charge on any atom is -0.412 e. The van der Waals surface area contributed by atoms with E-state index in [-0.39, 0.29) is 17.5 Å². The van der Waals surface area contributed by atoms with E-state index in [1.807, 2.05) is 18.2 Å². The van der Waals surface area contributed by atoms with Gasteiger partial charge in [-0.2, -0.15) is 0 Å². The average Bonchev–Trinajstić information content (AvgIpc) is 2.63. The molecule has 3 rings (SSSR count). The van der Waals surface area contributed by atoms with E-state index < -0.39 is 8.32 Å². The summed E-state index contributed by atoms with van der Waals surface area (Å²) in [6, 6.07) is 9.28. The number of aromatic nitrogens is 1. The second-order valence-corrected chi connectivity index (χ2v) is 13.7. The van der Waals surface area contributed by atoms with E-state index in [0.717, 1.165) is 17.1 Å². The van der Waals surface area contributed by atoms with Crippen molar-refractivity contribution in [1.82, 2.24) is 4.98 Å². The third-order valence-electron chi connectivity index (χ3n) is 5.82. The second kappa shape index (κ2) is 8.24. The monoisotopic (exact) mass is 415 g/mol. The summed E-state index contributed by atoms with van der Waals surface area (Å²) in [7, 11) is -0.396. The van der Waals surface area contributed by atoms with Crippen molar-refractivity contribution in [2.24, 2.45) is 5.16 Å². The number of pyridine rings is 1. The molecule has 1 aromatic carbocycles. The van der Waals surface area contributed by atoms with Crippen molar-refractivity contribution in [2.75, 3.05) is 25.1 Å². The van der Waals surface area contributed by atoms with E-state index in [1.165, 1.54) is 0 Å². The van der Waals surface area contributed by atoms with Crippen LogP contribution in [0.4, 0.5) is 10.2 Å². The lowest BCUT2D eigenvalue weighted by atomic mass is 10.0. The van der Waals surface area contributed by atoms with Crippen molar-refractivity contribution in [3.63, 3.8) is 0 Å². The van der Waals surface area contributed by atoms with E-state index in [4.69, 9.17) is 9.26 Å². The first kappa shape index (κ1) is 21.5.